The number of benzene rings is 2. The molecule has 2 heteroatoms. The van der Waals surface area contributed by atoms with Gasteiger partial charge in [0.25, 0.3) is 0 Å². The van der Waals surface area contributed by atoms with Gasteiger partial charge in [0, 0.05) is 12.7 Å². The molecule has 2 aromatic carbocycles. The minimum Gasteiger partial charge on any atom is -0.494 e. The highest BCUT2D eigenvalue weighted by atomic mass is 16.5. The topological polar surface area (TPSA) is 21.3 Å². The van der Waals surface area contributed by atoms with E-state index in [-0.39, 0.29) is 0 Å². The van der Waals surface area contributed by atoms with Crippen molar-refractivity contribution < 1.29 is 4.74 Å². The van der Waals surface area contributed by atoms with Crippen molar-refractivity contribution >= 4 is 16.5 Å². The molecule has 0 saturated carbocycles. The van der Waals surface area contributed by atoms with Crippen molar-refractivity contribution in [3.63, 3.8) is 0 Å². The van der Waals surface area contributed by atoms with E-state index < -0.39 is 0 Å². The molecular weight excluding hydrogens is 198 g/mol. The van der Waals surface area contributed by atoms with E-state index >= 15 is 0 Å². The van der Waals surface area contributed by atoms with Crippen LogP contribution >= 0.6 is 0 Å². The lowest BCUT2D eigenvalue weighted by molar-refractivity contribution is 0.318. The molecule has 0 spiro atoms. The van der Waals surface area contributed by atoms with Crippen molar-refractivity contribution in [2.24, 2.45) is 0 Å². The summed E-state index contributed by atoms with van der Waals surface area (Å²) in [6.07, 6.45) is 1.04. The van der Waals surface area contributed by atoms with Crippen LogP contribution in [0.4, 0.5) is 5.69 Å². The highest BCUT2D eigenvalue weighted by Crippen LogP contribution is 2.23. The van der Waals surface area contributed by atoms with Gasteiger partial charge in [-0.3, -0.25) is 0 Å². The summed E-state index contributed by atoms with van der Waals surface area (Å²) in [6, 6.07) is 12.5. The van der Waals surface area contributed by atoms with E-state index in [2.05, 4.69) is 42.6 Å². The molecule has 0 radical (unpaired) electrons. The van der Waals surface area contributed by atoms with Gasteiger partial charge in [0.05, 0.1) is 6.61 Å². The number of ether oxygens (including phenoxy) is 1. The van der Waals surface area contributed by atoms with Crippen molar-refractivity contribution in [3.05, 3.63) is 36.4 Å². The Kier molecular flexibility index (Phi) is 3.30. The fraction of sp³-hybridized carbons (Fsp3) is 0.286. The average molecular weight is 215 g/mol. The van der Waals surface area contributed by atoms with Crippen LogP contribution in [0.3, 0.4) is 0 Å². The minimum absolute atomic E-state index is 0.775. The summed E-state index contributed by atoms with van der Waals surface area (Å²) < 4.78 is 5.62. The zero-order valence-electron chi connectivity index (χ0n) is 9.79. The van der Waals surface area contributed by atoms with Crippen LogP contribution in [0, 0.1) is 0 Å². The van der Waals surface area contributed by atoms with Crippen molar-refractivity contribution in [2.75, 3.05) is 19.0 Å². The summed E-state index contributed by atoms with van der Waals surface area (Å²) >= 11 is 0. The first-order valence-corrected chi connectivity index (χ1v) is 5.68. The maximum Gasteiger partial charge on any atom is 0.119 e. The Labute approximate surface area is 96.2 Å². The molecule has 0 bridgehead atoms. The molecule has 0 heterocycles. The molecule has 2 rings (SSSR count). The van der Waals surface area contributed by atoms with E-state index in [9.17, 15) is 0 Å². The zero-order chi connectivity index (χ0) is 11.4. The van der Waals surface area contributed by atoms with Crippen molar-refractivity contribution in [2.45, 2.75) is 13.3 Å². The normalized spacial score (nSPS) is 10.4. The van der Waals surface area contributed by atoms with Crippen LogP contribution < -0.4 is 10.1 Å². The predicted octanol–water partition coefficient (Wildman–Crippen LogP) is 3.67. The van der Waals surface area contributed by atoms with Gasteiger partial charge in [-0.25, -0.2) is 0 Å². The quantitative estimate of drug-likeness (QED) is 0.840. The van der Waals surface area contributed by atoms with Crippen LogP contribution in [0.25, 0.3) is 10.8 Å². The zero-order valence-corrected chi connectivity index (χ0v) is 9.79. The summed E-state index contributed by atoms with van der Waals surface area (Å²) in [6.45, 7) is 2.89. The molecular formula is C14H17NO. The second-order valence-corrected chi connectivity index (χ2v) is 3.82. The Bertz CT molecular complexity index is 479. The smallest absolute Gasteiger partial charge is 0.119 e. The minimum atomic E-state index is 0.775. The van der Waals surface area contributed by atoms with Gasteiger partial charge >= 0.3 is 0 Å². The van der Waals surface area contributed by atoms with Crippen LogP contribution in [0.1, 0.15) is 13.3 Å². The molecule has 16 heavy (non-hydrogen) atoms. The van der Waals surface area contributed by atoms with Crippen molar-refractivity contribution in [3.8, 4) is 5.75 Å². The summed E-state index contributed by atoms with van der Waals surface area (Å²) in [7, 11) is 1.93. The number of fused-ring (bicyclic) bond motifs is 1. The van der Waals surface area contributed by atoms with E-state index in [1.165, 1.54) is 10.8 Å². The van der Waals surface area contributed by atoms with Crippen LogP contribution in [0.5, 0.6) is 5.75 Å². The van der Waals surface area contributed by atoms with Crippen LogP contribution in [-0.4, -0.2) is 13.7 Å². The van der Waals surface area contributed by atoms with Gasteiger partial charge < -0.3 is 10.1 Å². The molecule has 84 valence electrons. The number of nitrogens with one attached hydrogen (secondary N) is 1. The summed E-state index contributed by atoms with van der Waals surface area (Å²) in [5.41, 5.74) is 1.13. The Morgan fingerprint density at radius 3 is 2.62 bits per heavy atom. The third-order valence-corrected chi connectivity index (χ3v) is 2.57. The third kappa shape index (κ3) is 2.27. The predicted molar refractivity (Wildman–Crippen MR) is 69.3 cm³/mol. The Morgan fingerprint density at radius 1 is 1.06 bits per heavy atom. The van der Waals surface area contributed by atoms with Gasteiger partial charge in [-0.2, -0.15) is 0 Å². The largest absolute Gasteiger partial charge is 0.494 e. The fourth-order valence-electron chi connectivity index (χ4n) is 1.69. The Balaban J connectivity index is 2.35. The number of rotatable bonds is 4. The molecule has 0 atom stereocenters. The van der Waals surface area contributed by atoms with E-state index in [0.29, 0.717) is 0 Å². The van der Waals surface area contributed by atoms with Gasteiger partial charge in [-0.15, -0.1) is 0 Å². The molecule has 0 fully saturated rings. The molecule has 0 unspecified atom stereocenters. The lowest BCUT2D eigenvalue weighted by Crippen LogP contribution is -1.94. The van der Waals surface area contributed by atoms with E-state index in [0.717, 1.165) is 24.5 Å². The average Bonchev–Trinajstić information content (AvgIpc) is 2.35. The second-order valence-electron chi connectivity index (χ2n) is 3.82. The molecule has 1 N–H and O–H groups in total. The molecule has 0 aliphatic heterocycles. The highest BCUT2D eigenvalue weighted by Gasteiger charge is 1.98. The van der Waals surface area contributed by atoms with Gasteiger partial charge in [0.2, 0.25) is 0 Å². The molecule has 2 nitrogen and oxygen atoms in total. The first-order chi connectivity index (χ1) is 7.83. The third-order valence-electron chi connectivity index (χ3n) is 2.57. The van der Waals surface area contributed by atoms with Crippen LogP contribution in [0.2, 0.25) is 0 Å². The summed E-state index contributed by atoms with van der Waals surface area (Å²) in [5, 5.41) is 5.59. The Morgan fingerprint density at radius 2 is 1.88 bits per heavy atom. The van der Waals surface area contributed by atoms with Crippen LogP contribution in [-0.2, 0) is 0 Å². The lowest BCUT2D eigenvalue weighted by Gasteiger charge is -2.07. The molecule has 0 aromatic heterocycles. The van der Waals surface area contributed by atoms with Gasteiger partial charge in [-0.05, 0) is 41.5 Å². The highest BCUT2D eigenvalue weighted by molar-refractivity contribution is 5.86. The van der Waals surface area contributed by atoms with E-state index in [4.69, 9.17) is 4.74 Å². The molecule has 0 amide bonds. The molecule has 0 aliphatic carbocycles. The van der Waals surface area contributed by atoms with E-state index in [1.54, 1.807) is 0 Å². The van der Waals surface area contributed by atoms with Gasteiger partial charge in [-0.1, -0.05) is 19.1 Å². The van der Waals surface area contributed by atoms with Gasteiger partial charge in [0.15, 0.2) is 0 Å². The molecule has 2 aromatic rings. The first kappa shape index (κ1) is 10.8. The first-order valence-electron chi connectivity index (χ1n) is 5.68. The van der Waals surface area contributed by atoms with Crippen LogP contribution in [0.15, 0.2) is 36.4 Å². The second kappa shape index (κ2) is 4.88. The van der Waals surface area contributed by atoms with E-state index in [1.807, 2.05) is 13.1 Å². The monoisotopic (exact) mass is 215 g/mol. The molecule has 0 aliphatic rings. The maximum absolute atomic E-state index is 5.62. The van der Waals surface area contributed by atoms with Gasteiger partial charge in [0.1, 0.15) is 5.75 Å². The molecule has 0 saturated heterocycles. The number of hydrogen-bond acceptors (Lipinski definition) is 2. The fourth-order valence-corrected chi connectivity index (χ4v) is 1.69. The maximum atomic E-state index is 5.62. The summed E-state index contributed by atoms with van der Waals surface area (Å²) in [5.74, 6) is 0.947. The summed E-state index contributed by atoms with van der Waals surface area (Å²) in [4.78, 5) is 0. The number of anilines is 1. The SMILES string of the molecule is CCCOc1ccc2ccc(NC)cc2c1. The Hall–Kier alpha value is -1.70. The standard InChI is InChI=1S/C14H17NO/c1-3-8-16-14-7-5-11-4-6-13(15-2)9-12(11)10-14/h4-7,9-10,15H,3,8H2,1-2H3. The lowest BCUT2D eigenvalue weighted by atomic mass is 10.1. The van der Waals surface area contributed by atoms with Crippen molar-refractivity contribution in [1.29, 1.82) is 0 Å². The number of hydrogen-bond donors (Lipinski definition) is 1. The van der Waals surface area contributed by atoms with Crippen molar-refractivity contribution in [1.82, 2.24) is 0 Å².